The largest absolute Gasteiger partial charge is 0.378 e. The minimum absolute atomic E-state index is 0.0856. The van der Waals surface area contributed by atoms with Gasteiger partial charge in [0.25, 0.3) is 0 Å². The Labute approximate surface area is 119 Å². The summed E-state index contributed by atoms with van der Waals surface area (Å²) in [5.41, 5.74) is 1.81. The number of hydrogen-bond acceptors (Lipinski definition) is 4. The van der Waals surface area contributed by atoms with Gasteiger partial charge in [-0.1, -0.05) is 0 Å². The van der Waals surface area contributed by atoms with E-state index >= 15 is 0 Å². The Kier molecular flexibility index (Phi) is 4.32. The summed E-state index contributed by atoms with van der Waals surface area (Å²) in [6.45, 7) is 0. The molecule has 0 bridgehead atoms. The molecule has 0 aliphatic carbocycles. The van der Waals surface area contributed by atoms with Crippen molar-refractivity contribution in [3.63, 3.8) is 0 Å². The monoisotopic (exact) mass is 296 g/mol. The van der Waals surface area contributed by atoms with Crippen LogP contribution in [0, 0.1) is 5.92 Å². The van der Waals surface area contributed by atoms with Crippen molar-refractivity contribution in [2.45, 2.75) is 12.8 Å². The lowest BCUT2D eigenvalue weighted by Crippen LogP contribution is -2.31. The highest BCUT2D eigenvalue weighted by molar-refractivity contribution is 7.91. The molecule has 1 fully saturated rings. The second-order valence-corrected chi connectivity index (χ2v) is 7.66. The summed E-state index contributed by atoms with van der Waals surface area (Å²) in [5.74, 6) is -0.0560. The molecular weight excluding hydrogens is 276 g/mol. The number of amides is 1. The molecule has 1 saturated heterocycles. The molecule has 1 N–H and O–H groups in total. The molecule has 1 aliphatic heterocycles. The Morgan fingerprint density at radius 1 is 1.15 bits per heavy atom. The van der Waals surface area contributed by atoms with E-state index in [0.717, 1.165) is 11.4 Å². The molecule has 110 valence electrons. The fourth-order valence-electron chi connectivity index (χ4n) is 2.24. The second-order valence-electron chi connectivity index (χ2n) is 5.36. The highest BCUT2D eigenvalue weighted by Crippen LogP contribution is 2.22. The van der Waals surface area contributed by atoms with E-state index in [1.165, 1.54) is 0 Å². The van der Waals surface area contributed by atoms with Crippen molar-refractivity contribution in [1.29, 1.82) is 0 Å². The molecule has 0 radical (unpaired) electrons. The van der Waals surface area contributed by atoms with Gasteiger partial charge >= 0.3 is 0 Å². The molecule has 0 saturated carbocycles. The quantitative estimate of drug-likeness (QED) is 0.918. The van der Waals surface area contributed by atoms with E-state index in [0.29, 0.717) is 12.8 Å². The summed E-state index contributed by atoms with van der Waals surface area (Å²) in [7, 11) is 0.986. The standard InChI is InChI=1S/C14H20N2O3S/c1-16(2)13-5-3-12(4-6-13)15-14(17)11-7-9-20(18,19)10-8-11/h3-6,11H,7-10H2,1-2H3,(H,15,17). The van der Waals surface area contributed by atoms with Gasteiger partial charge in [-0.2, -0.15) is 0 Å². The van der Waals surface area contributed by atoms with E-state index in [1.807, 2.05) is 43.3 Å². The number of hydrogen-bond donors (Lipinski definition) is 1. The van der Waals surface area contributed by atoms with Crippen LogP contribution in [-0.2, 0) is 14.6 Å². The smallest absolute Gasteiger partial charge is 0.227 e. The maximum Gasteiger partial charge on any atom is 0.227 e. The van der Waals surface area contributed by atoms with Crippen LogP contribution >= 0.6 is 0 Å². The van der Waals surface area contributed by atoms with Gasteiger partial charge in [0.15, 0.2) is 0 Å². The van der Waals surface area contributed by atoms with Crippen LogP contribution in [0.25, 0.3) is 0 Å². The van der Waals surface area contributed by atoms with Crippen LogP contribution in [0.15, 0.2) is 24.3 Å². The first-order valence-electron chi connectivity index (χ1n) is 6.66. The van der Waals surface area contributed by atoms with Crippen LogP contribution in [0.2, 0.25) is 0 Å². The fourth-order valence-corrected chi connectivity index (χ4v) is 3.73. The number of carbonyl (C=O) groups is 1. The number of carbonyl (C=O) groups excluding carboxylic acids is 1. The van der Waals surface area contributed by atoms with E-state index < -0.39 is 9.84 Å². The van der Waals surface area contributed by atoms with Crippen molar-refractivity contribution in [1.82, 2.24) is 0 Å². The Morgan fingerprint density at radius 3 is 2.20 bits per heavy atom. The lowest BCUT2D eigenvalue weighted by atomic mass is 10.0. The first-order valence-corrected chi connectivity index (χ1v) is 8.48. The van der Waals surface area contributed by atoms with Gasteiger partial charge in [0, 0.05) is 31.4 Å². The van der Waals surface area contributed by atoms with Crippen molar-refractivity contribution in [2.75, 3.05) is 35.8 Å². The number of nitrogens with zero attached hydrogens (tertiary/aromatic N) is 1. The zero-order valence-electron chi connectivity index (χ0n) is 11.8. The van der Waals surface area contributed by atoms with Crippen molar-refractivity contribution in [3.05, 3.63) is 24.3 Å². The summed E-state index contributed by atoms with van der Waals surface area (Å²) in [4.78, 5) is 14.1. The van der Waals surface area contributed by atoms with Gasteiger partial charge in [-0.05, 0) is 37.1 Å². The minimum atomic E-state index is -2.92. The van der Waals surface area contributed by atoms with Crippen LogP contribution in [0.1, 0.15) is 12.8 Å². The highest BCUT2D eigenvalue weighted by atomic mass is 32.2. The first-order chi connectivity index (χ1) is 9.37. The number of anilines is 2. The van der Waals surface area contributed by atoms with Crippen molar-refractivity contribution >= 4 is 27.1 Å². The molecule has 1 amide bonds. The third-order valence-electron chi connectivity index (χ3n) is 3.58. The molecule has 5 nitrogen and oxygen atoms in total. The van der Waals surface area contributed by atoms with Crippen molar-refractivity contribution in [2.24, 2.45) is 5.92 Å². The summed E-state index contributed by atoms with van der Waals surface area (Å²) >= 11 is 0. The zero-order chi connectivity index (χ0) is 14.8. The van der Waals surface area contributed by atoms with Gasteiger partial charge in [-0.3, -0.25) is 4.79 Å². The van der Waals surface area contributed by atoms with E-state index in [2.05, 4.69) is 5.32 Å². The molecule has 0 unspecified atom stereocenters. The summed E-state index contributed by atoms with van der Waals surface area (Å²) in [6.07, 6.45) is 0.841. The molecule has 1 aromatic carbocycles. The number of rotatable bonds is 3. The molecule has 1 heterocycles. The average Bonchev–Trinajstić information content (AvgIpc) is 2.39. The average molecular weight is 296 g/mol. The van der Waals surface area contributed by atoms with Crippen LogP contribution in [0.3, 0.4) is 0 Å². The number of nitrogens with one attached hydrogen (secondary N) is 1. The van der Waals surface area contributed by atoms with E-state index in [1.54, 1.807) is 0 Å². The topological polar surface area (TPSA) is 66.5 Å². The maximum absolute atomic E-state index is 12.1. The van der Waals surface area contributed by atoms with E-state index in [4.69, 9.17) is 0 Å². The maximum atomic E-state index is 12.1. The summed E-state index contributed by atoms with van der Waals surface area (Å²) in [5, 5.41) is 2.85. The highest BCUT2D eigenvalue weighted by Gasteiger charge is 2.28. The Bertz CT molecular complexity index is 565. The van der Waals surface area contributed by atoms with E-state index in [9.17, 15) is 13.2 Å². The van der Waals surface area contributed by atoms with Gasteiger partial charge in [-0.25, -0.2) is 8.42 Å². The Balaban J connectivity index is 1.95. The summed E-state index contributed by atoms with van der Waals surface area (Å²) in [6, 6.07) is 7.57. The Morgan fingerprint density at radius 2 is 1.70 bits per heavy atom. The molecule has 0 spiro atoms. The van der Waals surface area contributed by atoms with Crippen LogP contribution in [0.4, 0.5) is 11.4 Å². The van der Waals surface area contributed by atoms with Crippen molar-refractivity contribution < 1.29 is 13.2 Å². The fraction of sp³-hybridized carbons (Fsp3) is 0.500. The van der Waals surface area contributed by atoms with Gasteiger partial charge in [0.1, 0.15) is 9.84 Å². The predicted molar refractivity (Wildman–Crippen MR) is 80.8 cm³/mol. The SMILES string of the molecule is CN(C)c1ccc(NC(=O)C2CCS(=O)(=O)CC2)cc1. The first kappa shape index (κ1) is 14.8. The lowest BCUT2D eigenvalue weighted by molar-refractivity contribution is -0.120. The molecule has 1 aromatic rings. The molecule has 6 heteroatoms. The van der Waals surface area contributed by atoms with Gasteiger partial charge < -0.3 is 10.2 Å². The van der Waals surface area contributed by atoms with Crippen molar-refractivity contribution in [3.8, 4) is 0 Å². The molecule has 2 rings (SSSR count). The van der Waals surface area contributed by atoms with Crippen LogP contribution in [0.5, 0.6) is 0 Å². The van der Waals surface area contributed by atoms with E-state index in [-0.39, 0.29) is 23.3 Å². The summed E-state index contributed by atoms with van der Waals surface area (Å²) < 4.78 is 22.7. The molecular formula is C14H20N2O3S. The molecule has 20 heavy (non-hydrogen) atoms. The van der Waals surface area contributed by atoms with Gasteiger partial charge in [0.2, 0.25) is 5.91 Å². The normalized spacial score (nSPS) is 18.5. The molecule has 0 aromatic heterocycles. The lowest BCUT2D eigenvalue weighted by Gasteiger charge is -2.21. The van der Waals surface area contributed by atoms with Gasteiger partial charge in [-0.15, -0.1) is 0 Å². The molecule has 0 atom stereocenters. The van der Waals surface area contributed by atoms with Gasteiger partial charge in [0.05, 0.1) is 11.5 Å². The predicted octanol–water partition coefficient (Wildman–Crippen LogP) is 1.52. The van der Waals surface area contributed by atoms with Crippen LogP contribution in [-0.4, -0.2) is 39.9 Å². The van der Waals surface area contributed by atoms with Crippen LogP contribution < -0.4 is 10.2 Å². The number of benzene rings is 1. The molecule has 1 aliphatic rings. The third kappa shape index (κ3) is 3.72. The minimum Gasteiger partial charge on any atom is -0.378 e. The third-order valence-corrected chi connectivity index (χ3v) is 5.29. The Hall–Kier alpha value is -1.56. The zero-order valence-corrected chi connectivity index (χ0v) is 12.6. The number of sulfone groups is 1. The second kappa shape index (κ2) is 5.83.